The summed E-state index contributed by atoms with van der Waals surface area (Å²) in [5.41, 5.74) is 3.61. The summed E-state index contributed by atoms with van der Waals surface area (Å²) in [5.74, 6) is 0. The fourth-order valence-electron chi connectivity index (χ4n) is 1.82. The maximum absolute atomic E-state index is 8.79. The maximum Gasteiger partial charge on any atom is 0.187 e. The zero-order valence-electron chi connectivity index (χ0n) is 10.6. The first-order chi connectivity index (χ1) is 9.85. The first kappa shape index (κ1) is 12.4. The Morgan fingerprint density at radius 3 is 2.45 bits per heavy atom. The van der Waals surface area contributed by atoms with Crippen molar-refractivity contribution in [3.63, 3.8) is 0 Å². The number of rotatable bonds is 3. The number of hydrogen-bond donors (Lipinski definition) is 1. The van der Waals surface area contributed by atoms with E-state index in [1.165, 1.54) is 0 Å². The summed E-state index contributed by atoms with van der Waals surface area (Å²) in [5, 5.41) is 14.9. The Morgan fingerprint density at radius 1 is 1.00 bits per heavy atom. The van der Waals surface area contributed by atoms with E-state index >= 15 is 0 Å². The molecule has 2 aromatic carbocycles. The minimum Gasteiger partial charge on any atom is -0.332 e. The minimum atomic E-state index is 0.659. The predicted molar refractivity (Wildman–Crippen MR) is 82.0 cm³/mol. The molecule has 0 amide bonds. The highest BCUT2D eigenvalue weighted by Crippen LogP contribution is 2.27. The van der Waals surface area contributed by atoms with Crippen molar-refractivity contribution in [1.29, 1.82) is 5.26 Å². The van der Waals surface area contributed by atoms with Crippen LogP contribution in [-0.4, -0.2) is 4.98 Å². The molecule has 1 N–H and O–H groups in total. The van der Waals surface area contributed by atoms with Crippen LogP contribution in [0.25, 0.3) is 11.3 Å². The number of nitriles is 1. The van der Waals surface area contributed by atoms with Gasteiger partial charge in [0.25, 0.3) is 0 Å². The third kappa shape index (κ3) is 2.68. The number of anilines is 2. The SMILES string of the molecule is N#Cc1ccc(-c2csc(Nc3ccccc3)n2)cc1. The lowest BCUT2D eigenvalue weighted by molar-refractivity contribution is 1.38. The molecule has 20 heavy (non-hydrogen) atoms. The summed E-state index contributed by atoms with van der Waals surface area (Å²) < 4.78 is 0. The van der Waals surface area contributed by atoms with Gasteiger partial charge in [-0.15, -0.1) is 11.3 Å². The van der Waals surface area contributed by atoms with Crippen LogP contribution in [0.15, 0.2) is 60.0 Å². The van der Waals surface area contributed by atoms with Crippen molar-refractivity contribution in [2.24, 2.45) is 0 Å². The molecule has 0 atom stereocenters. The van der Waals surface area contributed by atoms with Crippen LogP contribution in [0.2, 0.25) is 0 Å². The van der Waals surface area contributed by atoms with Gasteiger partial charge in [0.15, 0.2) is 5.13 Å². The van der Waals surface area contributed by atoms with Gasteiger partial charge in [-0.2, -0.15) is 5.26 Å². The molecule has 0 aliphatic heterocycles. The topological polar surface area (TPSA) is 48.7 Å². The highest BCUT2D eigenvalue weighted by atomic mass is 32.1. The van der Waals surface area contributed by atoms with Crippen molar-refractivity contribution >= 4 is 22.2 Å². The van der Waals surface area contributed by atoms with Crippen molar-refractivity contribution in [2.75, 3.05) is 5.32 Å². The van der Waals surface area contributed by atoms with Crippen LogP contribution in [0.4, 0.5) is 10.8 Å². The standard InChI is InChI=1S/C16H11N3S/c17-10-12-6-8-13(9-7-12)15-11-20-16(19-15)18-14-4-2-1-3-5-14/h1-9,11H,(H,18,19). The Bertz CT molecular complexity index is 739. The number of nitrogens with zero attached hydrogens (tertiary/aromatic N) is 2. The number of aromatic nitrogens is 1. The van der Waals surface area contributed by atoms with Gasteiger partial charge in [0.2, 0.25) is 0 Å². The van der Waals surface area contributed by atoms with Crippen LogP contribution in [0.5, 0.6) is 0 Å². The van der Waals surface area contributed by atoms with E-state index in [1.54, 1.807) is 23.5 Å². The molecule has 1 aromatic heterocycles. The Labute approximate surface area is 121 Å². The van der Waals surface area contributed by atoms with Crippen molar-refractivity contribution in [2.45, 2.75) is 0 Å². The van der Waals surface area contributed by atoms with Crippen LogP contribution in [0.1, 0.15) is 5.56 Å². The van der Waals surface area contributed by atoms with Crippen LogP contribution in [0, 0.1) is 11.3 Å². The Balaban J connectivity index is 1.81. The fraction of sp³-hybridized carbons (Fsp3) is 0. The van der Waals surface area contributed by atoms with Gasteiger partial charge >= 0.3 is 0 Å². The highest BCUT2D eigenvalue weighted by Gasteiger charge is 2.04. The normalized spacial score (nSPS) is 9.95. The molecule has 3 nitrogen and oxygen atoms in total. The van der Waals surface area contributed by atoms with Crippen molar-refractivity contribution < 1.29 is 0 Å². The van der Waals surface area contributed by atoms with E-state index in [1.807, 2.05) is 47.8 Å². The second kappa shape index (κ2) is 5.55. The summed E-state index contributed by atoms with van der Waals surface area (Å²) in [7, 11) is 0. The first-order valence-electron chi connectivity index (χ1n) is 6.13. The molecular weight excluding hydrogens is 266 g/mol. The average Bonchev–Trinajstić information content (AvgIpc) is 2.97. The van der Waals surface area contributed by atoms with Gasteiger partial charge in [-0.05, 0) is 24.3 Å². The van der Waals surface area contributed by atoms with E-state index < -0.39 is 0 Å². The smallest absolute Gasteiger partial charge is 0.187 e. The van der Waals surface area contributed by atoms with Gasteiger partial charge in [0, 0.05) is 16.6 Å². The molecule has 4 heteroatoms. The van der Waals surface area contributed by atoms with Crippen LogP contribution in [-0.2, 0) is 0 Å². The monoisotopic (exact) mass is 277 g/mol. The number of para-hydroxylation sites is 1. The van der Waals surface area contributed by atoms with Gasteiger partial charge in [-0.25, -0.2) is 4.98 Å². The zero-order valence-corrected chi connectivity index (χ0v) is 11.4. The molecule has 0 aliphatic carbocycles. The van der Waals surface area contributed by atoms with Crippen molar-refractivity contribution in [3.05, 3.63) is 65.5 Å². The average molecular weight is 277 g/mol. The van der Waals surface area contributed by atoms with Crippen LogP contribution < -0.4 is 5.32 Å². The highest BCUT2D eigenvalue weighted by molar-refractivity contribution is 7.14. The summed E-state index contributed by atoms with van der Waals surface area (Å²) in [6, 6.07) is 19.5. The molecule has 0 unspecified atom stereocenters. The van der Waals surface area contributed by atoms with Gasteiger partial charge in [0.1, 0.15) is 0 Å². The first-order valence-corrected chi connectivity index (χ1v) is 7.01. The lowest BCUT2D eigenvalue weighted by Gasteiger charge is -2.01. The third-order valence-corrected chi connectivity index (χ3v) is 3.60. The van der Waals surface area contributed by atoms with E-state index in [0.717, 1.165) is 22.1 Å². The molecule has 0 bridgehead atoms. The third-order valence-electron chi connectivity index (χ3n) is 2.84. The second-order valence-electron chi connectivity index (χ2n) is 4.22. The number of hydrogen-bond acceptors (Lipinski definition) is 4. The van der Waals surface area contributed by atoms with Crippen LogP contribution in [0.3, 0.4) is 0 Å². The zero-order chi connectivity index (χ0) is 13.8. The predicted octanol–water partition coefficient (Wildman–Crippen LogP) is 4.43. The minimum absolute atomic E-state index is 0.659. The van der Waals surface area contributed by atoms with E-state index in [2.05, 4.69) is 16.4 Å². The molecule has 0 spiro atoms. The Hall–Kier alpha value is -2.64. The molecule has 0 aliphatic rings. The van der Waals surface area contributed by atoms with Gasteiger partial charge in [0.05, 0.1) is 17.3 Å². The largest absolute Gasteiger partial charge is 0.332 e. The molecule has 0 saturated carbocycles. The van der Waals surface area contributed by atoms with E-state index in [4.69, 9.17) is 5.26 Å². The molecule has 96 valence electrons. The van der Waals surface area contributed by atoms with Crippen molar-refractivity contribution in [1.82, 2.24) is 4.98 Å². The second-order valence-corrected chi connectivity index (χ2v) is 5.08. The molecule has 0 radical (unpaired) electrons. The van der Waals surface area contributed by atoms with Crippen LogP contribution >= 0.6 is 11.3 Å². The lowest BCUT2D eigenvalue weighted by Crippen LogP contribution is -1.88. The fourth-order valence-corrected chi connectivity index (χ4v) is 2.56. The van der Waals surface area contributed by atoms with E-state index in [-0.39, 0.29) is 0 Å². The van der Waals surface area contributed by atoms with E-state index in [0.29, 0.717) is 5.56 Å². The summed E-state index contributed by atoms with van der Waals surface area (Å²) >= 11 is 1.56. The van der Waals surface area contributed by atoms with Gasteiger partial charge in [-0.1, -0.05) is 30.3 Å². The Morgan fingerprint density at radius 2 is 1.75 bits per heavy atom. The van der Waals surface area contributed by atoms with Gasteiger partial charge < -0.3 is 5.32 Å². The van der Waals surface area contributed by atoms with Gasteiger partial charge in [-0.3, -0.25) is 0 Å². The maximum atomic E-state index is 8.79. The molecule has 3 aromatic rings. The molecular formula is C16H11N3S. The lowest BCUT2D eigenvalue weighted by atomic mass is 10.1. The van der Waals surface area contributed by atoms with Crippen molar-refractivity contribution in [3.8, 4) is 17.3 Å². The molecule has 3 rings (SSSR count). The molecule has 0 saturated heterocycles. The number of nitrogens with one attached hydrogen (secondary N) is 1. The quantitative estimate of drug-likeness (QED) is 0.770. The summed E-state index contributed by atoms with van der Waals surface area (Å²) in [6.45, 7) is 0. The summed E-state index contributed by atoms with van der Waals surface area (Å²) in [4.78, 5) is 4.56. The molecule has 1 heterocycles. The Kier molecular flexibility index (Phi) is 3.44. The summed E-state index contributed by atoms with van der Waals surface area (Å²) in [6.07, 6.45) is 0. The molecule has 0 fully saturated rings. The number of benzene rings is 2. The number of thiazole rings is 1. The van der Waals surface area contributed by atoms with E-state index in [9.17, 15) is 0 Å².